The van der Waals surface area contributed by atoms with Crippen molar-refractivity contribution >= 4 is 45.4 Å². The molecule has 3 aromatic rings. The van der Waals surface area contributed by atoms with E-state index in [1.807, 2.05) is 16.7 Å². The molecule has 9 nitrogen and oxygen atoms in total. The van der Waals surface area contributed by atoms with E-state index in [9.17, 15) is 9.18 Å². The Labute approximate surface area is 197 Å². The third kappa shape index (κ3) is 4.22. The van der Waals surface area contributed by atoms with Crippen molar-refractivity contribution in [3.05, 3.63) is 33.2 Å². The highest BCUT2D eigenvalue weighted by molar-refractivity contribution is 14.1. The Morgan fingerprint density at radius 3 is 2.66 bits per heavy atom. The van der Waals surface area contributed by atoms with E-state index in [4.69, 9.17) is 15.2 Å². The van der Waals surface area contributed by atoms with Crippen molar-refractivity contribution in [2.45, 2.75) is 25.8 Å². The van der Waals surface area contributed by atoms with Gasteiger partial charge in [0, 0.05) is 36.0 Å². The summed E-state index contributed by atoms with van der Waals surface area (Å²) >= 11 is 2.27. The van der Waals surface area contributed by atoms with Crippen molar-refractivity contribution in [3.8, 4) is 11.5 Å². The first kappa shape index (κ1) is 21.3. The minimum absolute atomic E-state index is 0.0227. The van der Waals surface area contributed by atoms with Crippen molar-refractivity contribution in [2.24, 2.45) is 0 Å². The smallest absolute Gasteiger partial charge is 0.312 e. The normalized spacial score (nSPS) is 16.2. The summed E-state index contributed by atoms with van der Waals surface area (Å²) in [4.78, 5) is 26.0. The van der Waals surface area contributed by atoms with Gasteiger partial charge >= 0.3 is 6.08 Å². The molecule has 1 aromatic carbocycles. The Kier molecular flexibility index (Phi) is 5.84. The van der Waals surface area contributed by atoms with Crippen LogP contribution in [0.3, 0.4) is 0 Å². The van der Waals surface area contributed by atoms with Crippen LogP contribution in [-0.2, 0) is 17.8 Å². The summed E-state index contributed by atoms with van der Waals surface area (Å²) in [7, 11) is 0. The average Bonchev–Trinajstić information content (AvgIpc) is 3.32. The lowest BCUT2D eigenvalue weighted by molar-refractivity contribution is -0.116. The third-order valence-electron chi connectivity index (χ3n) is 5.70. The average molecular weight is 552 g/mol. The second kappa shape index (κ2) is 8.77. The van der Waals surface area contributed by atoms with Gasteiger partial charge in [-0.05, 0) is 46.7 Å². The highest BCUT2D eigenvalue weighted by Crippen LogP contribution is 2.35. The molecule has 2 aromatic heterocycles. The number of carbonyl (C=O) groups excluding carboxylic acids is 1. The van der Waals surface area contributed by atoms with E-state index < -0.39 is 6.08 Å². The molecule has 0 amide bonds. The minimum atomic E-state index is -0.873. The molecule has 0 aliphatic carbocycles. The molecule has 32 heavy (non-hydrogen) atoms. The molecule has 0 bridgehead atoms. The summed E-state index contributed by atoms with van der Waals surface area (Å²) in [6.07, 6.45) is 1.00. The van der Waals surface area contributed by atoms with Gasteiger partial charge in [0.15, 0.2) is 28.5 Å². The molecule has 168 valence electrons. The maximum atomic E-state index is 14.0. The number of carbonyl (C=O) groups is 1. The van der Waals surface area contributed by atoms with E-state index >= 15 is 0 Å². The van der Waals surface area contributed by atoms with E-state index in [0.717, 1.165) is 40.2 Å². The Bertz CT molecular complexity index is 1200. The Hall–Kier alpha value is -2.54. The topological polar surface area (TPSA) is 108 Å². The molecular formula is C21H22FIN6O3. The van der Waals surface area contributed by atoms with Crippen molar-refractivity contribution in [3.63, 3.8) is 0 Å². The van der Waals surface area contributed by atoms with E-state index in [0.29, 0.717) is 56.1 Å². The fraction of sp³-hybridized carbons (Fsp3) is 0.429. The first-order chi connectivity index (χ1) is 15.5. The molecule has 5 rings (SSSR count). The van der Waals surface area contributed by atoms with Crippen LogP contribution in [-0.4, -0.2) is 63.1 Å². The summed E-state index contributed by atoms with van der Waals surface area (Å²) in [5.74, 6) is 2.45. The molecule has 0 spiro atoms. The zero-order chi connectivity index (χ0) is 22.2. The van der Waals surface area contributed by atoms with Gasteiger partial charge in [-0.1, -0.05) is 0 Å². The van der Waals surface area contributed by atoms with E-state index in [1.165, 1.54) is 0 Å². The van der Waals surface area contributed by atoms with Crippen LogP contribution in [0.25, 0.3) is 11.2 Å². The minimum Gasteiger partial charge on any atom is -0.486 e. The van der Waals surface area contributed by atoms with Gasteiger partial charge in [0.2, 0.25) is 0 Å². The first-order valence-corrected chi connectivity index (χ1v) is 11.6. The third-order valence-corrected chi connectivity index (χ3v) is 6.70. The second-order valence-corrected chi connectivity index (χ2v) is 9.07. The van der Waals surface area contributed by atoms with Gasteiger partial charge in [-0.2, -0.15) is 14.4 Å². The largest absolute Gasteiger partial charge is 0.486 e. The van der Waals surface area contributed by atoms with Crippen LogP contribution in [0, 0.1) is 9.65 Å². The Morgan fingerprint density at radius 2 is 1.91 bits per heavy atom. The number of hydrogen-bond donors (Lipinski definition) is 1. The Balaban J connectivity index is 1.46. The van der Waals surface area contributed by atoms with Crippen LogP contribution in [0.4, 0.5) is 10.2 Å². The molecule has 0 saturated carbocycles. The predicted octanol–water partition coefficient (Wildman–Crippen LogP) is 2.18. The summed E-state index contributed by atoms with van der Waals surface area (Å²) in [6, 6.07) is 3.92. The number of anilines is 1. The maximum absolute atomic E-state index is 14.0. The number of ether oxygens (including phenoxy) is 2. The van der Waals surface area contributed by atoms with Gasteiger partial charge in [-0.15, -0.1) is 0 Å². The molecule has 0 unspecified atom stereocenters. The van der Waals surface area contributed by atoms with Crippen molar-refractivity contribution in [1.82, 2.24) is 24.4 Å². The van der Waals surface area contributed by atoms with E-state index in [1.54, 1.807) is 0 Å². The van der Waals surface area contributed by atoms with Gasteiger partial charge in [0.05, 0.1) is 6.54 Å². The lowest BCUT2D eigenvalue weighted by Gasteiger charge is -2.20. The summed E-state index contributed by atoms with van der Waals surface area (Å²) < 4.78 is 28.3. The Morgan fingerprint density at radius 1 is 1.12 bits per heavy atom. The standard InChI is InChI=1S/C21H22FIN6O3/c22-21-26-19(24)18-20(27-21)29(4-1-3-28-5-2-13(30)11-28)17(25-18)9-12-8-15-16(10-14(12)23)32-7-6-31-15/h8,10H,1-7,9,11H2,(H2,24,26,27). The van der Waals surface area contributed by atoms with Crippen LogP contribution < -0.4 is 15.2 Å². The molecule has 1 saturated heterocycles. The SMILES string of the molecule is Nc1nc(F)nc2c1nc(Cc1cc3c(cc1I)OCCO3)n2CCCN1CCC(=O)C1. The second-order valence-electron chi connectivity index (χ2n) is 7.91. The van der Waals surface area contributed by atoms with Crippen molar-refractivity contribution in [2.75, 3.05) is 38.6 Å². The monoisotopic (exact) mass is 552 g/mol. The molecule has 2 aliphatic heterocycles. The quantitative estimate of drug-likeness (QED) is 0.367. The van der Waals surface area contributed by atoms with E-state index in [-0.39, 0.29) is 11.6 Å². The highest BCUT2D eigenvalue weighted by Gasteiger charge is 2.22. The maximum Gasteiger partial charge on any atom is 0.312 e. The molecule has 1 fully saturated rings. The number of Topliss-reactive ketones (excluding diaryl/α,β-unsaturated/α-hetero) is 1. The summed E-state index contributed by atoms with van der Waals surface area (Å²) in [6.45, 7) is 3.68. The van der Waals surface area contributed by atoms with Gasteiger partial charge in [-0.3, -0.25) is 9.69 Å². The van der Waals surface area contributed by atoms with Crippen LogP contribution in [0.15, 0.2) is 12.1 Å². The number of aryl methyl sites for hydroxylation is 1. The van der Waals surface area contributed by atoms with Gasteiger partial charge in [0.25, 0.3) is 0 Å². The summed E-state index contributed by atoms with van der Waals surface area (Å²) in [5.41, 5.74) is 7.74. The number of aromatic nitrogens is 4. The number of fused-ring (bicyclic) bond motifs is 2. The molecule has 0 atom stereocenters. The number of imidazole rings is 1. The lowest BCUT2D eigenvalue weighted by atomic mass is 10.1. The van der Waals surface area contributed by atoms with E-state index in [2.05, 4.69) is 42.4 Å². The highest BCUT2D eigenvalue weighted by atomic mass is 127. The fourth-order valence-corrected chi connectivity index (χ4v) is 4.78. The zero-order valence-corrected chi connectivity index (χ0v) is 19.5. The summed E-state index contributed by atoms with van der Waals surface area (Å²) in [5, 5.41) is 0. The molecule has 2 N–H and O–H groups in total. The lowest BCUT2D eigenvalue weighted by Crippen LogP contribution is -2.23. The van der Waals surface area contributed by atoms with Gasteiger partial charge in [-0.25, -0.2) is 4.98 Å². The number of hydrogen-bond acceptors (Lipinski definition) is 8. The predicted molar refractivity (Wildman–Crippen MR) is 123 cm³/mol. The van der Waals surface area contributed by atoms with Crippen molar-refractivity contribution in [1.29, 1.82) is 0 Å². The van der Waals surface area contributed by atoms with Crippen molar-refractivity contribution < 1.29 is 18.7 Å². The van der Waals surface area contributed by atoms with Gasteiger partial charge in [0.1, 0.15) is 24.8 Å². The first-order valence-electron chi connectivity index (χ1n) is 10.5. The number of benzene rings is 1. The number of nitrogens with zero attached hydrogens (tertiary/aromatic N) is 5. The molecule has 4 heterocycles. The van der Waals surface area contributed by atoms with Crippen LogP contribution in [0.5, 0.6) is 11.5 Å². The van der Waals surface area contributed by atoms with Crippen LogP contribution in [0.2, 0.25) is 0 Å². The van der Waals surface area contributed by atoms with Crippen LogP contribution >= 0.6 is 22.6 Å². The number of nitrogens with two attached hydrogens (primary N) is 1. The number of halogens is 2. The fourth-order valence-electron chi connectivity index (χ4n) is 4.15. The molecule has 0 radical (unpaired) electrons. The molecule has 11 heteroatoms. The number of likely N-dealkylation sites (tertiary alicyclic amines) is 1. The zero-order valence-electron chi connectivity index (χ0n) is 17.3. The molecule has 2 aliphatic rings. The number of nitrogen functional groups attached to an aromatic ring is 1. The van der Waals surface area contributed by atoms with Gasteiger partial charge < -0.3 is 19.8 Å². The number of ketones is 1. The number of rotatable bonds is 6. The van der Waals surface area contributed by atoms with Crippen LogP contribution in [0.1, 0.15) is 24.2 Å². The molecular weight excluding hydrogens is 530 g/mol.